The zero-order valence-corrected chi connectivity index (χ0v) is 27.2. The predicted octanol–water partition coefficient (Wildman–Crippen LogP) is 5.57. The summed E-state index contributed by atoms with van der Waals surface area (Å²) in [6.45, 7) is 11.1. The molecule has 42 heavy (non-hydrogen) atoms. The van der Waals surface area contributed by atoms with Crippen molar-refractivity contribution in [2.75, 3.05) is 32.7 Å². The number of amides is 1. The number of amidine groups is 1. The number of rotatable bonds is 13. The molecule has 2 aromatic rings. The third-order valence-corrected chi connectivity index (χ3v) is 9.54. The largest absolute Gasteiger partial charge is 0.443 e. The van der Waals surface area contributed by atoms with Crippen LogP contribution in [0.5, 0.6) is 0 Å². The molecule has 0 spiro atoms. The van der Waals surface area contributed by atoms with Gasteiger partial charge >= 0.3 is 6.09 Å². The molecule has 9 nitrogen and oxygen atoms in total. The summed E-state index contributed by atoms with van der Waals surface area (Å²) in [5.41, 5.74) is 1.35. The van der Waals surface area contributed by atoms with Crippen molar-refractivity contribution in [2.24, 2.45) is 4.99 Å². The Hall–Kier alpha value is -2.50. The number of hydrogen-bond acceptors (Lipinski definition) is 7. The summed E-state index contributed by atoms with van der Waals surface area (Å²) in [6, 6.07) is 12.1. The highest BCUT2D eigenvalue weighted by molar-refractivity contribution is 7.89. The van der Waals surface area contributed by atoms with E-state index in [2.05, 4.69) is 10.3 Å². The summed E-state index contributed by atoms with van der Waals surface area (Å²) in [6.07, 6.45) is 0.956. The molecule has 0 unspecified atom stereocenters. The molecule has 12 heteroatoms. The average Bonchev–Trinajstić information content (AvgIpc) is 3.40. The second-order valence-electron chi connectivity index (χ2n) is 11.4. The van der Waals surface area contributed by atoms with Crippen LogP contribution in [0.15, 0.2) is 52.4 Å². The first-order valence-electron chi connectivity index (χ1n) is 14.0. The average molecular weight is 640 g/mol. The lowest BCUT2D eigenvalue weighted by Gasteiger charge is -2.26. The van der Waals surface area contributed by atoms with Crippen LogP contribution in [-0.4, -0.2) is 79.7 Å². The molecule has 0 saturated heterocycles. The number of carbonyl (C=O) groups excluding carboxylic acids is 2. The number of nitrogens with zero attached hydrogens (tertiary/aromatic N) is 3. The maximum absolute atomic E-state index is 13.2. The van der Waals surface area contributed by atoms with Crippen molar-refractivity contribution in [1.82, 2.24) is 14.5 Å². The number of ether oxygens (including phenoxy) is 1. The van der Waals surface area contributed by atoms with Crippen LogP contribution in [0.25, 0.3) is 0 Å². The van der Waals surface area contributed by atoms with Crippen molar-refractivity contribution >= 4 is 50.9 Å². The SMILES string of the molecule is CC(C)N(CCCC(=O)CNCCc1ccc(C2=NCCN2C(=O)OC(C)(C)C)cc1)S(=O)(=O)c1cccc(Cl)c1Cl. The van der Waals surface area contributed by atoms with E-state index in [1.165, 1.54) is 16.4 Å². The van der Waals surface area contributed by atoms with Gasteiger partial charge in [0.15, 0.2) is 0 Å². The van der Waals surface area contributed by atoms with Crippen LogP contribution in [-0.2, 0) is 26.0 Å². The fourth-order valence-corrected chi connectivity index (χ4v) is 6.87. The van der Waals surface area contributed by atoms with E-state index in [1.54, 1.807) is 24.8 Å². The van der Waals surface area contributed by atoms with Gasteiger partial charge in [-0.25, -0.2) is 13.2 Å². The minimum atomic E-state index is -3.87. The van der Waals surface area contributed by atoms with E-state index in [0.717, 1.165) is 17.5 Å². The number of halogens is 2. The van der Waals surface area contributed by atoms with Gasteiger partial charge in [-0.15, -0.1) is 0 Å². The number of sulfonamides is 1. The van der Waals surface area contributed by atoms with Gasteiger partial charge in [-0.05, 0) is 71.7 Å². The normalized spacial score (nSPS) is 14.0. The zero-order chi connectivity index (χ0) is 31.1. The highest BCUT2D eigenvalue weighted by Gasteiger charge is 2.30. The topological polar surface area (TPSA) is 108 Å². The zero-order valence-electron chi connectivity index (χ0n) is 24.8. The number of benzene rings is 2. The summed E-state index contributed by atoms with van der Waals surface area (Å²) in [7, 11) is -3.87. The van der Waals surface area contributed by atoms with E-state index in [-0.39, 0.29) is 46.3 Å². The van der Waals surface area contributed by atoms with Crippen molar-refractivity contribution in [1.29, 1.82) is 0 Å². The lowest BCUT2D eigenvalue weighted by Crippen LogP contribution is -2.39. The quantitative estimate of drug-likeness (QED) is 0.287. The van der Waals surface area contributed by atoms with Crippen LogP contribution in [0, 0.1) is 0 Å². The Labute approximate surface area is 259 Å². The number of carbonyl (C=O) groups is 2. The molecule has 0 aliphatic carbocycles. The van der Waals surface area contributed by atoms with Gasteiger partial charge in [0.05, 0.1) is 29.7 Å². The van der Waals surface area contributed by atoms with E-state index in [1.807, 2.05) is 45.0 Å². The molecule has 1 amide bonds. The molecule has 1 aliphatic rings. The number of ketones is 1. The van der Waals surface area contributed by atoms with Gasteiger partial charge in [-0.1, -0.05) is 53.5 Å². The van der Waals surface area contributed by atoms with E-state index >= 15 is 0 Å². The lowest BCUT2D eigenvalue weighted by atomic mass is 10.1. The first kappa shape index (κ1) is 34.0. The maximum Gasteiger partial charge on any atom is 0.416 e. The number of aliphatic imine (C=N–C) groups is 1. The van der Waals surface area contributed by atoms with E-state index in [9.17, 15) is 18.0 Å². The second kappa shape index (κ2) is 14.8. The van der Waals surface area contributed by atoms with Gasteiger partial charge in [0.25, 0.3) is 0 Å². The summed E-state index contributed by atoms with van der Waals surface area (Å²) < 4.78 is 33.3. The van der Waals surface area contributed by atoms with Gasteiger partial charge in [0, 0.05) is 24.6 Å². The molecule has 0 atom stereocenters. The van der Waals surface area contributed by atoms with E-state index < -0.39 is 21.7 Å². The first-order valence-corrected chi connectivity index (χ1v) is 16.2. The lowest BCUT2D eigenvalue weighted by molar-refractivity contribution is -0.118. The minimum Gasteiger partial charge on any atom is -0.443 e. The Morgan fingerprint density at radius 2 is 1.81 bits per heavy atom. The maximum atomic E-state index is 13.2. The van der Waals surface area contributed by atoms with Crippen LogP contribution < -0.4 is 5.32 Å². The van der Waals surface area contributed by atoms with Crippen molar-refractivity contribution in [2.45, 2.75) is 70.4 Å². The van der Waals surface area contributed by atoms with Gasteiger partial charge < -0.3 is 10.1 Å². The number of Topliss-reactive ketones (excluding diaryl/α,β-unsaturated/α-hetero) is 1. The Kier molecular flexibility index (Phi) is 12.0. The van der Waals surface area contributed by atoms with Crippen molar-refractivity contribution in [3.63, 3.8) is 0 Å². The molecule has 0 radical (unpaired) electrons. The fraction of sp³-hybridized carbons (Fsp3) is 0.500. The highest BCUT2D eigenvalue weighted by atomic mass is 35.5. The number of nitrogens with one attached hydrogen (secondary N) is 1. The molecule has 1 N–H and O–H groups in total. The summed E-state index contributed by atoms with van der Waals surface area (Å²) >= 11 is 12.2. The molecule has 0 aromatic heterocycles. The highest BCUT2D eigenvalue weighted by Crippen LogP contribution is 2.31. The Balaban J connectivity index is 1.43. The van der Waals surface area contributed by atoms with Crippen LogP contribution in [0.2, 0.25) is 10.0 Å². The smallest absolute Gasteiger partial charge is 0.416 e. The third kappa shape index (κ3) is 9.25. The van der Waals surface area contributed by atoms with E-state index in [4.69, 9.17) is 27.9 Å². The van der Waals surface area contributed by atoms with Gasteiger partial charge in [-0.2, -0.15) is 4.31 Å². The third-order valence-electron chi connectivity index (χ3n) is 6.49. The molecular formula is C30H40Cl2N4O5S. The van der Waals surface area contributed by atoms with Crippen molar-refractivity contribution in [3.8, 4) is 0 Å². The molecule has 1 aliphatic heterocycles. The van der Waals surface area contributed by atoms with Crippen LogP contribution in [0.4, 0.5) is 4.79 Å². The van der Waals surface area contributed by atoms with Gasteiger partial charge in [-0.3, -0.25) is 14.7 Å². The molecule has 2 aromatic carbocycles. The molecule has 0 bridgehead atoms. The van der Waals surface area contributed by atoms with Gasteiger partial charge in [0.1, 0.15) is 22.1 Å². The molecule has 0 saturated carbocycles. The predicted molar refractivity (Wildman–Crippen MR) is 167 cm³/mol. The van der Waals surface area contributed by atoms with Crippen molar-refractivity contribution in [3.05, 3.63) is 63.6 Å². The van der Waals surface area contributed by atoms with Gasteiger partial charge in [0.2, 0.25) is 10.0 Å². The molecule has 1 heterocycles. The minimum absolute atomic E-state index is 0.00482. The number of hydrogen-bond donors (Lipinski definition) is 1. The summed E-state index contributed by atoms with van der Waals surface area (Å²) in [5, 5.41) is 3.34. The molecule has 230 valence electrons. The Morgan fingerprint density at radius 1 is 1.12 bits per heavy atom. The molecule has 0 fully saturated rings. The van der Waals surface area contributed by atoms with Crippen molar-refractivity contribution < 1.29 is 22.7 Å². The summed E-state index contributed by atoms with van der Waals surface area (Å²) in [4.78, 5) is 31.0. The second-order valence-corrected chi connectivity index (χ2v) is 14.0. The van der Waals surface area contributed by atoms with E-state index in [0.29, 0.717) is 31.9 Å². The van der Waals surface area contributed by atoms with Crippen LogP contribution in [0.3, 0.4) is 0 Å². The van der Waals surface area contributed by atoms with Crippen LogP contribution >= 0.6 is 23.2 Å². The molecule has 3 rings (SSSR count). The monoisotopic (exact) mass is 638 g/mol. The first-order chi connectivity index (χ1) is 19.7. The fourth-order valence-electron chi connectivity index (χ4n) is 4.46. The Morgan fingerprint density at radius 3 is 2.45 bits per heavy atom. The Bertz CT molecular complexity index is 1390. The van der Waals surface area contributed by atoms with Crippen LogP contribution in [0.1, 0.15) is 58.6 Å². The molecular weight excluding hydrogens is 599 g/mol. The summed E-state index contributed by atoms with van der Waals surface area (Å²) in [5.74, 6) is 0.618. The standard InChI is InChI=1S/C30H40Cl2N4O5S/c1-21(2)36(42(39,40)26-10-6-9-25(31)27(26)32)18-7-8-24(37)20-33-16-15-22-11-13-23(14-12-22)28-34-17-19-35(28)29(38)41-30(3,4)5/h6,9-14,21,33H,7-8,15-20H2,1-5H3.